The Hall–Kier alpha value is -2.54. The first-order valence-corrected chi connectivity index (χ1v) is 7.90. The number of carbonyl (C=O) groups is 1. The molecule has 2 heterocycles. The second-order valence-electron chi connectivity index (χ2n) is 5.07. The summed E-state index contributed by atoms with van der Waals surface area (Å²) in [5.74, 6) is 1.05. The number of carbonyl (C=O) groups excluding carboxylic acids is 1. The maximum absolute atomic E-state index is 11.8. The number of nitrogens with two attached hydrogens (primary N) is 1. The topological polar surface area (TPSA) is 86.9 Å². The molecule has 0 aliphatic rings. The van der Waals surface area contributed by atoms with Crippen molar-refractivity contribution in [2.24, 2.45) is 12.8 Å². The van der Waals surface area contributed by atoms with Gasteiger partial charge in [0.1, 0.15) is 11.0 Å². The van der Waals surface area contributed by atoms with Crippen molar-refractivity contribution in [1.29, 1.82) is 0 Å². The van der Waals surface area contributed by atoms with Crippen LogP contribution in [0.25, 0.3) is 11.4 Å². The van der Waals surface area contributed by atoms with Crippen LogP contribution >= 0.6 is 11.8 Å². The van der Waals surface area contributed by atoms with Gasteiger partial charge in [0.2, 0.25) is 5.91 Å². The summed E-state index contributed by atoms with van der Waals surface area (Å²) >= 11 is 1.28. The molecule has 0 radical (unpaired) electrons. The van der Waals surface area contributed by atoms with E-state index in [4.69, 9.17) is 10.2 Å². The molecule has 1 aromatic carbocycles. The van der Waals surface area contributed by atoms with E-state index < -0.39 is 11.2 Å². The number of hydrogen-bond acceptors (Lipinski definition) is 5. The Morgan fingerprint density at radius 1 is 1.26 bits per heavy atom. The van der Waals surface area contributed by atoms with Gasteiger partial charge in [0.05, 0.1) is 11.8 Å². The Morgan fingerprint density at radius 2 is 2.00 bits per heavy atom. The van der Waals surface area contributed by atoms with E-state index in [1.165, 1.54) is 11.8 Å². The van der Waals surface area contributed by atoms with Crippen LogP contribution in [0, 0.1) is 6.92 Å². The Morgan fingerprint density at radius 3 is 2.61 bits per heavy atom. The Kier molecular flexibility index (Phi) is 4.20. The molecule has 0 aliphatic heterocycles. The summed E-state index contributed by atoms with van der Waals surface area (Å²) in [6.07, 6.45) is 1.61. The average Bonchev–Trinajstić information content (AvgIpc) is 3.11. The number of hydrogen-bond donors (Lipinski definition) is 1. The lowest BCUT2D eigenvalue weighted by Gasteiger charge is -2.12. The Labute approximate surface area is 137 Å². The van der Waals surface area contributed by atoms with Crippen molar-refractivity contribution in [2.75, 3.05) is 0 Å². The predicted molar refractivity (Wildman–Crippen MR) is 87.7 cm³/mol. The molecule has 1 unspecified atom stereocenters. The van der Waals surface area contributed by atoms with Gasteiger partial charge in [-0.05, 0) is 18.6 Å². The number of nitrogens with zero attached hydrogens (tertiary/aromatic N) is 3. The minimum atomic E-state index is -0.516. The van der Waals surface area contributed by atoms with Gasteiger partial charge in [-0.15, -0.1) is 10.2 Å². The molecule has 0 saturated heterocycles. The van der Waals surface area contributed by atoms with Gasteiger partial charge in [-0.25, -0.2) is 0 Å². The van der Waals surface area contributed by atoms with E-state index in [1.54, 1.807) is 6.26 Å². The van der Waals surface area contributed by atoms with Gasteiger partial charge in [0, 0.05) is 7.05 Å². The number of thioether (sulfide) groups is 1. The summed E-state index contributed by atoms with van der Waals surface area (Å²) in [7, 11) is 1.85. The zero-order chi connectivity index (χ0) is 16.4. The lowest BCUT2D eigenvalue weighted by atomic mass is 10.1. The molecule has 0 bridgehead atoms. The highest BCUT2D eigenvalue weighted by Gasteiger charge is 2.23. The molecule has 3 rings (SSSR count). The van der Waals surface area contributed by atoms with Crippen LogP contribution in [0.1, 0.15) is 16.6 Å². The predicted octanol–water partition coefficient (Wildman–Crippen LogP) is 2.70. The van der Waals surface area contributed by atoms with Crippen LogP contribution in [-0.4, -0.2) is 20.7 Å². The molecular formula is C16H16N4O2S. The van der Waals surface area contributed by atoms with Gasteiger partial charge in [-0.2, -0.15) is 0 Å². The summed E-state index contributed by atoms with van der Waals surface area (Å²) in [6.45, 7) is 1.87. The van der Waals surface area contributed by atoms with Crippen molar-refractivity contribution >= 4 is 17.7 Å². The van der Waals surface area contributed by atoms with Gasteiger partial charge in [0.15, 0.2) is 11.0 Å². The van der Waals surface area contributed by atoms with Crippen molar-refractivity contribution in [1.82, 2.24) is 14.8 Å². The third kappa shape index (κ3) is 3.00. The SMILES string of the molecule is Cc1occc1-c1nnc(SC(C(N)=O)c2ccccc2)n1C. The smallest absolute Gasteiger partial charge is 0.235 e. The number of benzene rings is 1. The number of aromatic nitrogens is 3. The molecule has 1 amide bonds. The van der Waals surface area contributed by atoms with Crippen LogP contribution in [-0.2, 0) is 11.8 Å². The van der Waals surface area contributed by atoms with E-state index in [9.17, 15) is 4.79 Å². The van der Waals surface area contributed by atoms with E-state index in [0.29, 0.717) is 11.0 Å². The molecule has 118 valence electrons. The monoisotopic (exact) mass is 328 g/mol. The first-order chi connectivity index (χ1) is 11.1. The van der Waals surface area contributed by atoms with Crippen molar-refractivity contribution < 1.29 is 9.21 Å². The van der Waals surface area contributed by atoms with Gasteiger partial charge in [-0.1, -0.05) is 42.1 Å². The fourth-order valence-corrected chi connectivity index (χ4v) is 3.25. The molecule has 23 heavy (non-hydrogen) atoms. The summed E-state index contributed by atoms with van der Waals surface area (Å²) in [6, 6.07) is 11.2. The zero-order valence-corrected chi connectivity index (χ0v) is 13.6. The number of furan rings is 1. The average molecular weight is 328 g/mol. The van der Waals surface area contributed by atoms with Gasteiger partial charge in [0.25, 0.3) is 0 Å². The Balaban J connectivity index is 1.92. The van der Waals surface area contributed by atoms with E-state index in [0.717, 1.165) is 16.9 Å². The standard InChI is InChI=1S/C16H16N4O2S/c1-10-12(8-9-22-10)15-18-19-16(20(15)2)23-13(14(17)21)11-6-4-3-5-7-11/h3-9,13H,1-2H3,(H2,17,21). The van der Waals surface area contributed by atoms with E-state index in [2.05, 4.69) is 10.2 Å². The van der Waals surface area contributed by atoms with Crippen LogP contribution in [0.15, 0.2) is 52.2 Å². The first-order valence-electron chi connectivity index (χ1n) is 7.02. The fraction of sp³-hybridized carbons (Fsp3) is 0.188. The molecular weight excluding hydrogens is 312 g/mol. The highest BCUT2D eigenvalue weighted by Crippen LogP contribution is 2.35. The molecule has 0 spiro atoms. The second-order valence-corrected chi connectivity index (χ2v) is 6.14. The number of primary amides is 1. The van der Waals surface area contributed by atoms with Crippen molar-refractivity contribution in [3.05, 3.63) is 54.0 Å². The maximum Gasteiger partial charge on any atom is 0.235 e. The summed E-state index contributed by atoms with van der Waals surface area (Å²) in [5.41, 5.74) is 7.28. The molecule has 0 saturated carbocycles. The molecule has 1 atom stereocenters. The normalized spacial score (nSPS) is 12.3. The first kappa shape index (κ1) is 15.4. The fourth-order valence-electron chi connectivity index (χ4n) is 2.29. The van der Waals surface area contributed by atoms with Crippen LogP contribution in [0.3, 0.4) is 0 Å². The van der Waals surface area contributed by atoms with Crippen LogP contribution in [0.5, 0.6) is 0 Å². The van der Waals surface area contributed by atoms with Crippen molar-refractivity contribution in [3.63, 3.8) is 0 Å². The molecule has 2 N–H and O–H groups in total. The highest BCUT2D eigenvalue weighted by atomic mass is 32.2. The lowest BCUT2D eigenvalue weighted by Crippen LogP contribution is -2.19. The minimum absolute atomic E-state index is 0.412. The number of amides is 1. The highest BCUT2D eigenvalue weighted by molar-refractivity contribution is 8.00. The summed E-state index contributed by atoms with van der Waals surface area (Å²) in [4.78, 5) is 11.8. The summed E-state index contributed by atoms with van der Waals surface area (Å²) in [5, 5.41) is 8.49. The van der Waals surface area contributed by atoms with E-state index in [-0.39, 0.29) is 0 Å². The van der Waals surface area contributed by atoms with Crippen molar-refractivity contribution in [2.45, 2.75) is 17.3 Å². The molecule has 7 heteroatoms. The van der Waals surface area contributed by atoms with E-state index in [1.807, 2.05) is 54.9 Å². The van der Waals surface area contributed by atoms with Gasteiger partial charge >= 0.3 is 0 Å². The molecule has 2 aromatic heterocycles. The Bertz CT molecular complexity index is 826. The van der Waals surface area contributed by atoms with Gasteiger partial charge in [-0.3, -0.25) is 4.79 Å². The minimum Gasteiger partial charge on any atom is -0.469 e. The third-order valence-electron chi connectivity index (χ3n) is 3.52. The molecule has 0 aliphatic carbocycles. The van der Waals surface area contributed by atoms with Crippen molar-refractivity contribution in [3.8, 4) is 11.4 Å². The third-order valence-corrected chi connectivity index (χ3v) is 4.83. The molecule has 6 nitrogen and oxygen atoms in total. The van der Waals surface area contributed by atoms with E-state index >= 15 is 0 Å². The number of aryl methyl sites for hydroxylation is 1. The van der Waals surface area contributed by atoms with Gasteiger partial charge < -0.3 is 14.7 Å². The second kappa shape index (κ2) is 6.29. The number of rotatable bonds is 5. The molecule has 3 aromatic rings. The van der Waals surface area contributed by atoms with Crippen LogP contribution in [0.4, 0.5) is 0 Å². The maximum atomic E-state index is 11.8. The lowest BCUT2D eigenvalue weighted by molar-refractivity contribution is -0.117. The largest absolute Gasteiger partial charge is 0.469 e. The zero-order valence-electron chi connectivity index (χ0n) is 12.8. The van der Waals surface area contributed by atoms with Crippen LogP contribution < -0.4 is 5.73 Å². The molecule has 0 fully saturated rings. The summed E-state index contributed by atoms with van der Waals surface area (Å²) < 4.78 is 7.14. The van der Waals surface area contributed by atoms with Crippen LogP contribution in [0.2, 0.25) is 0 Å². The quantitative estimate of drug-likeness (QED) is 0.728.